The molecule has 4 aromatic carbocycles. The zero-order valence-electron chi connectivity index (χ0n) is 27.0. The van der Waals surface area contributed by atoms with E-state index in [0.29, 0.717) is 16.3 Å². The van der Waals surface area contributed by atoms with Crippen LogP contribution in [0.1, 0.15) is 36.8 Å². The summed E-state index contributed by atoms with van der Waals surface area (Å²) in [6, 6.07) is 28.2. The van der Waals surface area contributed by atoms with Gasteiger partial charge in [0, 0.05) is 30.1 Å². The lowest BCUT2D eigenvalue weighted by atomic mass is 10.0. The summed E-state index contributed by atoms with van der Waals surface area (Å²) < 4.78 is 40.7. The van der Waals surface area contributed by atoms with Gasteiger partial charge in [-0.2, -0.15) is 0 Å². The molecule has 0 aromatic heterocycles. The van der Waals surface area contributed by atoms with E-state index in [0.717, 1.165) is 35.6 Å². The van der Waals surface area contributed by atoms with E-state index in [9.17, 15) is 18.0 Å². The van der Waals surface area contributed by atoms with Gasteiger partial charge in [-0.15, -0.1) is 0 Å². The summed E-state index contributed by atoms with van der Waals surface area (Å²) in [6.45, 7) is -0.604. The molecule has 1 aliphatic carbocycles. The Balaban J connectivity index is 1.61. The second-order valence-corrected chi connectivity index (χ2v) is 14.0. The number of rotatable bonds is 14. The lowest BCUT2D eigenvalue weighted by Crippen LogP contribution is -2.54. The molecule has 1 aliphatic rings. The highest BCUT2D eigenvalue weighted by atomic mass is 35.5. The highest BCUT2D eigenvalue weighted by Gasteiger charge is 2.36. The second-order valence-electron chi connectivity index (χ2n) is 11.7. The first kappa shape index (κ1) is 34.8. The summed E-state index contributed by atoms with van der Waals surface area (Å²) in [5.41, 5.74) is 1.67. The topological polar surface area (TPSA) is 105 Å². The molecule has 0 saturated heterocycles. The Hall–Kier alpha value is -4.54. The van der Waals surface area contributed by atoms with Crippen LogP contribution in [-0.4, -0.2) is 58.0 Å². The van der Waals surface area contributed by atoms with Crippen LogP contribution in [0.2, 0.25) is 5.02 Å². The standard InChI is InChI=1S/C37H40ClN3O6S/c1-46-31-20-21-35(47-2)33(24-31)41(48(44,45)32-18-7-4-8-19-32)26-36(42)40(25-28-14-11-15-29(38)22-28)34(23-27-12-5-3-6-13-27)37(43)39-30-16-9-10-17-30/h3-8,11-15,18-22,24,30,34H,9-10,16-17,23,25-26H2,1-2H3,(H,39,43)/t34-/m1/s1. The minimum atomic E-state index is -4.31. The number of halogens is 1. The fourth-order valence-corrected chi connectivity index (χ4v) is 7.63. The normalized spacial score (nSPS) is 13.8. The molecule has 0 spiro atoms. The van der Waals surface area contributed by atoms with Gasteiger partial charge in [0.05, 0.1) is 24.8 Å². The van der Waals surface area contributed by atoms with Crippen LogP contribution in [0, 0.1) is 0 Å². The van der Waals surface area contributed by atoms with E-state index >= 15 is 0 Å². The molecule has 48 heavy (non-hydrogen) atoms. The van der Waals surface area contributed by atoms with Crippen molar-refractivity contribution < 1.29 is 27.5 Å². The van der Waals surface area contributed by atoms with Crippen molar-refractivity contribution in [2.24, 2.45) is 0 Å². The summed E-state index contributed by atoms with van der Waals surface area (Å²) in [7, 11) is -1.42. The van der Waals surface area contributed by atoms with Crippen molar-refractivity contribution in [1.29, 1.82) is 0 Å². The monoisotopic (exact) mass is 689 g/mol. The van der Waals surface area contributed by atoms with Gasteiger partial charge in [-0.3, -0.25) is 13.9 Å². The number of benzene rings is 4. The Morgan fingerprint density at radius 3 is 2.17 bits per heavy atom. The molecule has 0 unspecified atom stereocenters. The molecule has 9 nitrogen and oxygen atoms in total. The summed E-state index contributed by atoms with van der Waals surface area (Å²) in [6.07, 6.45) is 4.00. The molecule has 0 aliphatic heterocycles. The van der Waals surface area contributed by atoms with Gasteiger partial charge in [-0.25, -0.2) is 8.42 Å². The van der Waals surface area contributed by atoms with Crippen molar-refractivity contribution >= 4 is 39.1 Å². The van der Waals surface area contributed by atoms with E-state index in [-0.39, 0.29) is 41.2 Å². The van der Waals surface area contributed by atoms with Crippen LogP contribution in [0.15, 0.2) is 108 Å². The van der Waals surface area contributed by atoms with Crippen LogP contribution in [0.3, 0.4) is 0 Å². The number of hydrogen-bond donors (Lipinski definition) is 1. The van der Waals surface area contributed by atoms with Crippen molar-refractivity contribution in [2.75, 3.05) is 25.1 Å². The predicted octanol–water partition coefficient (Wildman–Crippen LogP) is 6.25. The third-order valence-electron chi connectivity index (χ3n) is 8.48. The van der Waals surface area contributed by atoms with E-state index < -0.39 is 28.5 Å². The molecule has 1 N–H and O–H groups in total. The average molecular weight is 690 g/mol. The molecular formula is C37H40ClN3O6S. The van der Waals surface area contributed by atoms with Crippen molar-refractivity contribution in [1.82, 2.24) is 10.2 Å². The number of nitrogens with one attached hydrogen (secondary N) is 1. The highest BCUT2D eigenvalue weighted by molar-refractivity contribution is 7.92. The molecule has 0 radical (unpaired) electrons. The largest absolute Gasteiger partial charge is 0.497 e. The number of anilines is 1. The first-order valence-corrected chi connectivity index (χ1v) is 17.7. The van der Waals surface area contributed by atoms with Crippen molar-refractivity contribution in [3.8, 4) is 11.5 Å². The van der Waals surface area contributed by atoms with Crippen molar-refractivity contribution in [3.05, 3.63) is 119 Å². The van der Waals surface area contributed by atoms with E-state index in [1.807, 2.05) is 36.4 Å². The Morgan fingerprint density at radius 1 is 0.854 bits per heavy atom. The van der Waals surface area contributed by atoms with Gasteiger partial charge in [0.15, 0.2) is 0 Å². The van der Waals surface area contributed by atoms with Gasteiger partial charge in [-0.05, 0) is 60.4 Å². The minimum Gasteiger partial charge on any atom is -0.497 e. The Morgan fingerprint density at radius 2 is 1.52 bits per heavy atom. The van der Waals surface area contributed by atoms with Crippen LogP contribution in [0.25, 0.3) is 0 Å². The Bertz CT molecular complexity index is 1800. The lowest BCUT2D eigenvalue weighted by molar-refractivity contribution is -0.140. The van der Waals surface area contributed by atoms with Gasteiger partial charge in [-0.1, -0.05) is 85.1 Å². The van der Waals surface area contributed by atoms with Gasteiger partial charge < -0.3 is 19.7 Å². The molecule has 252 valence electrons. The van der Waals surface area contributed by atoms with Crippen molar-refractivity contribution in [3.63, 3.8) is 0 Å². The minimum absolute atomic E-state index is 0.00916. The van der Waals surface area contributed by atoms with Gasteiger partial charge in [0.1, 0.15) is 24.1 Å². The summed E-state index contributed by atoms with van der Waals surface area (Å²) in [4.78, 5) is 30.4. The smallest absolute Gasteiger partial charge is 0.264 e. The molecular weight excluding hydrogens is 650 g/mol. The van der Waals surface area contributed by atoms with Crippen LogP contribution < -0.4 is 19.1 Å². The molecule has 0 bridgehead atoms. The number of carbonyl (C=O) groups is 2. The number of ether oxygens (including phenoxy) is 2. The molecule has 2 amide bonds. The molecule has 1 saturated carbocycles. The van der Waals surface area contributed by atoms with Crippen molar-refractivity contribution in [2.45, 2.75) is 55.6 Å². The van der Waals surface area contributed by atoms with Crippen LogP contribution in [-0.2, 0) is 32.6 Å². The van der Waals surface area contributed by atoms with Crippen LogP contribution in [0.4, 0.5) is 5.69 Å². The number of sulfonamides is 1. The third-order valence-corrected chi connectivity index (χ3v) is 10.5. The molecule has 1 atom stereocenters. The molecule has 0 heterocycles. The van der Waals surface area contributed by atoms with Crippen LogP contribution >= 0.6 is 11.6 Å². The maximum absolute atomic E-state index is 14.8. The zero-order valence-corrected chi connectivity index (χ0v) is 28.6. The third kappa shape index (κ3) is 8.48. The number of hydrogen-bond acceptors (Lipinski definition) is 6. The molecule has 11 heteroatoms. The lowest BCUT2D eigenvalue weighted by Gasteiger charge is -2.34. The highest BCUT2D eigenvalue weighted by Crippen LogP contribution is 2.36. The van der Waals surface area contributed by atoms with E-state index in [4.69, 9.17) is 21.1 Å². The first-order valence-electron chi connectivity index (χ1n) is 15.9. The summed E-state index contributed by atoms with van der Waals surface area (Å²) in [5.74, 6) is -0.274. The fraction of sp³-hybridized carbons (Fsp3) is 0.297. The predicted molar refractivity (Wildman–Crippen MR) is 187 cm³/mol. The summed E-state index contributed by atoms with van der Waals surface area (Å²) >= 11 is 6.35. The van der Waals surface area contributed by atoms with Gasteiger partial charge >= 0.3 is 0 Å². The SMILES string of the molecule is COc1ccc(OC)c(N(CC(=O)N(Cc2cccc(Cl)c2)[C@H](Cc2ccccc2)C(=O)NC2CCCC2)S(=O)(=O)c2ccccc2)c1. The molecule has 1 fully saturated rings. The number of methoxy groups -OCH3 is 2. The van der Waals surface area contributed by atoms with E-state index in [2.05, 4.69) is 5.32 Å². The Kier molecular flexibility index (Phi) is 11.6. The molecule has 4 aromatic rings. The quantitative estimate of drug-likeness (QED) is 0.168. The number of nitrogens with zero attached hydrogens (tertiary/aromatic N) is 2. The van der Waals surface area contributed by atoms with Crippen LogP contribution in [0.5, 0.6) is 11.5 Å². The molecule has 5 rings (SSSR count). The zero-order chi connectivity index (χ0) is 34.1. The maximum Gasteiger partial charge on any atom is 0.264 e. The average Bonchev–Trinajstić information content (AvgIpc) is 3.62. The van der Waals surface area contributed by atoms with Gasteiger partial charge in [0.2, 0.25) is 11.8 Å². The summed E-state index contributed by atoms with van der Waals surface area (Å²) in [5, 5.41) is 3.66. The fourth-order valence-electron chi connectivity index (χ4n) is 5.98. The van der Waals surface area contributed by atoms with Gasteiger partial charge in [0.25, 0.3) is 10.0 Å². The Labute approximate surface area is 287 Å². The first-order chi connectivity index (χ1) is 23.2. The maximum atomic E-state index is 14.8. The number of amides is 2. The number of carbonyl (C=O) groups excluding carboxylic acids is 2. The van der Waals surface area contributed by atoms with E-state index in [1.54, 1.807) is 48.5 Å². The van der Waals surface area contributed by atoms with E-state index in [1.165, 1.54) is 37.3 Å². The second kappa shape index (κ2) is 16.0.